The third-order valence-electron chi connectivity index (χ3n) is 3.84. The second kappa shape index (κ2) is 7.23. The van der Waals surface area contributed by atoms with Crippen molar-refractivity contribution in [2.24, 2.45) is 0 Å². The summed E-state index contributed by atoms with van der Waals surface area (Å²) in [7, 11) is 0. The van der Waals surface area contributed by atoms with Gasteiger partial charge >= 0.3 is 0 Å². The maximum Gasteiger partial charge on any atom is 0.265 e. The molecule has 0 aliphatic carbocycles. The lowest BCUT2D eigenvalue weighted by molar-refractivity contribution is -0.128. The molecule has 5 heteroatoms. The Balaban J connectivity index is 2.06. The second-order valence-corrected chi connectivity index (χ2v) is 5.86. The normalized spacial score (nSPS) is 16.1. The van der Waals surface area contributed by atoms with Crippen LogP contribution in [0, 0.1) is 0 Å². The molecule has 0 atom stereocenters. The van der Waals surface area contributed by atoms with Crippen LogP contribution < -0.4 is 5.32 Å². The van der Waals surface area contributed by atoms with Gasteiger partial charge in [-0.25, -0.2) is 0 Å². The second-order valence-electron chi connectivity index (χ2n) is 5.47. The third kappa shape index (κ3) is 3.41. The minimum atomic E-state index is -0.488. The van der Waals surface area contributed by atoms with E-state index in [4.69, 9.17) is 12.2 Å². The van der Waals surface area contributed by atoms with Crippen molar-refractivity contribution in [3.63, 3.8) is 0 Å². The zero-order valence-corrected chi connectivity index (χ0v) is 14.3. The third-order valence-corrected chi connectivity index (χ3v) is 4.17. The Kier molecular flexibility index (Phi) is 4.86. The first-order valence-corrected chi connectivity index (χ1v) is 8.17. The molecule has 1 saturated heterocycles. The highest BCUT2D eigenvalue weighted by Gasteiger charge is 2.32. The van der Waals surface area contributed by atoms with Crippen molar-refractivity contribution < 1.29 is 9.59 Å². The number of thiocarbonyl (C=S) groups is 1. The molecule has 124 valence electrons. The first-order chi connectivity index (χ1) is 12.1. The zero-order chi connectivity index (χ0) is 17.8. The Bertz CT molecular complexity index is 888. The van der Waals surface area contributed by atoms with Gasteiger partial charge in [0.15, 0.2) is 5.11 Å². The lowest BCUT2D eigenvalue weighted by atomic mass is 9.97. The highest BCUT2D eigenvalue weighted by Crippen LogP contribution is 2.26. The standard InChI is InChI=1S/C20H16N2O2S/c1-2-12-22-19(24)17(18(23)21-20(22)25)13-15-10-6-7-11-16(15)14-8-4-3-5-9-14/h2-11,13H,1,12H2,(H,21,23,25). The van der Waals surface area contributed by atoms with Crippen LogP contribution in [0.3, 0.4) is 0 Å². The van der Waals surface area contributed by atoms with Crippen LogP contribution in [0.1, 0.15) is 5.56 Å². The first-order valence-electron chi connectivity index (χ1n) is 7.76. The summed E-state index contributed by atoms with van der Waals surface area (Å²) in [6.45, 7) is 3.87. The van der Waals surface area contributed by atoms with E-state index < -0.39 is 11.8 Å². The van der Waals surface area contributed by atoms with Gasteiger partial charge in [-0.3, -0.25) is 19.8 Å². The van der Waals surface area contributed by atoms with Crippen LogP contribution >= 0.6 is 12.2 Å². The van der Waals surface area contributed by atoms with Crippen LogP contribution in [-0.2, 0) is 9.59 Å². The van der Waals surface area contributed by atoms with Gasteiger partial charge in [0.25, 0.3) is 11.8 Å². The Hall–Kier alpha value is -3.05. The first kappa shape index (κ1) is 16.8. The van der Waals surface area contributed by atoms with Gasteiger partial charge in [-0.05, 0) is 35.0 Å². The molecular weight excluding hydrogens is 332 g/mol. The molecule has 25 heavy (non-hydrogen) atoms. The highest BCUT2D eigenvalue weighted by atomic mass is 32.1. The largest absolute Gasteiger partial charge is 0.298 e. The van der Waals surface area contributed by atoms with E-state index in [-0.39, 0.29) is 17.2 Å². The minimum Gasteiger partial charge on any atom is -0.298 e. The molecule has 0 bridgehead atoms. The van der Waals surface area contributed by atoms with Crippen molar-refractivity contribution >= 4 is 35.2 Å². The van der Waals surface area contributed by atoms with Crippen molar-refractivity contribution in [3.05, 3.63) is 78.4 Å². The molecule has 1 N–H and O–H groups in total. The molecule has 0 radical (unpaired) electrons. The molecule has 2 aromatic carbocycles. The number of rotatable bonds is 4. The lowest BCUT2D eigenvalue weighted by Crippen LogP contribution is -2.53. The average Bonchev–Trinajstić information content (AvgIpc) is 2.63. The van der Waals surface area contributed by atoms with Crippen LogP contribution in [0.5, 0.6) is 0 Å². The number of amides is 2. The van der Waals surface area contributed by atoms with E-state index in [2.05, 4.69) is 11.9 Å². The van der Waals surface area contributed by atoms with Crippen LogP contribution in [-0.4, -0.2) is 28.4 Å². The van der Waals surface area contributed by atoms with Gasteiger partial charge in [0.2, 0.25) is 0 Å². The van der Waals surface area contributed by atoms with Crippen molar-refractivity contribution in [3.8, 4) is 11.1 Å². The fraction of sp³-hybridized carbons (Fsp3) is 0.0500. The van der Waals surface area contributed by atoms with Gasteiger partial charge in [0, 0.05) is 6.54 Å². The molecule has 0 saturated carbocycles. The predicted octanol–water partition coefficient (Wildman–Crippen LogP) is 3.17. The molecule has 2 amide bonds. The van der Waals surface area contributed by atoms with Crippen molar-refractivity contribution in [2.75, 3.05) is 6.54 Å². The fourth-order valence-corrected chi connectivity index (χ4v) is 2.90. The molecular formula is C20H16N2O2S. The summed E-state index contributed by atoms with van der Waals surface area (Å²) < 4.78 is 0. The van der Waals surface area contributed by atoms with Crippen LogP contribution in [0.4, 0.5) is 0 Å². The van der Waals surface area contributed by atoms with E-state index in [0.717, 1.165) is 16.7 Å². The van der Waals surface area contributed by atoms with Crippen LogP contribution in [0.2, 0.25) is 0 Å². The maximum atomic E-state index is 12.6. The van der Waals surface area contributed by atoms with E-state index >= 15 is 0 Å². The number of carbonyl (C=O) groups is 2. The zero-order valence-electron chi connectivity index (χ0n) is 13.4. The number of carbonyl (C=O) groups excluding carboxylic acids is 2. The molecule has 1 fully saturated rings. The molecule has 1 heterocycles. The summed E-state index contributed by atoms with van der Waals surface area (Å²) in [5, 5.41) is 2.66. The Morgan fingerprint density at radius 1 is 1.04 bits per heavy atom. The molecule has 0 unspecified atom stereocenters. The number of nitrogens with one attached hydrogen (secondary N) is 1. The van der Waals surface area contributed by atoms with Gasteiger partial charge < -0.3 is 0 Å². The predicted molar refractivity (Wildman–Crippen MR) is 103 cm³/mol. The van der Waals surface area contributed by atoms with Crippen molar-refractivity contribution in [2.45, 2.75) is 0 Å². The summed E-state index contributed by atoms with van der Waals surface area (Å²) in [4.78, 5) is 26.2. The highest BCUT2D eigenvalue weighted by molar-refractivity contribution is 7.80. The Morgan fingerprint density at radius 3 is 2.44 bits per heavy atom. The van der Waals surface area contributed by atoms with Gasteiger partial charge in [-0.2, -0.15) is 0 Å². The van der Waals surface area contributed by atoms with Crippen molar-refractivity contribution in [1.82, 2.24) is 10.2 Å². The monoisotopic (exact) mass is 348 g/mol. The molecule has 2 aromatic rings. The van der Waals surface area contributed by atoms with Gasteiger partial charge in [0.05, 0.1) is 0 Å². The minimum absolute atomic E-state index is 0.0545. The van der Waals surface area contributed by atoms with Gasteiger partial charge in [0.1, 0.15) is 5.57 Å². The summed E-state index contributed by atoms with van der Waals surface area (Å²) >= 11 is 5.06. The number of hydrogen-bond donors (Lipinski definition) is 1. The van der Waals surface area contributed by atoms with E-state index in [0.29, 0.717) is 0 Å². The SMILES string of the molecule is C=CCN1C(=O)C(=Cc2ccccc2-c2ccccc2)C(=O)NC1=S. The summed E-state index contributed by atoms with van der Waals surface area (Å²) in [5.41, 5.74) is 2.80. The topological polar surface area (TPSA) is 49.4 Å². The molecule has 1 aliphatic rings. The molecule has 4 nitrogen and oxygen atoms in total. The summed E-state index contributed by atoms with van der Waals surface area (Å²) in [6.07, 6.45) is 3.18. The van der Waals surface area contributed by atoms with E-state index in [1.807, 2.05) is 54.6 Å². The summed E-state index contributed by atoms with van der Waals surface area (Å²) in [6, 6.07) is 17.4. The van der Waals surface area contributed by atoms with Crippen LogP contribution in [0.25, 0.3) is 17.2 Å². The Morgan fingerprint density at radius 2 is 1.72 bits per heavy atom. The maximum absolute atomic E-state index is 12.6. The van der Waals surface area contributed by atoms with Gasteiger partial charge in [-0.15, -0.1) is 6.58 Å². The number of hydrogen-bond acceptors (Lipinski definition) is 3. The molecule has 0 spiro atoms. The fourth-order valence-electron chi connectivity index (χ4n) is 2.65. The number of nitrogens with zero attached hydrogens (tertiary/aromatic N) is 1. The number of benzene rings is 2. The molecule has 0 aromatic heterocycles. The van der Waals surface area contributed by atoms with Gasteiger partial charge in [-0.1, -0.05) is 60.7 Å². The van der Waals surface area contributed by atoms with E-state index in [1.165, 1.54) is 4.90 Å². The molecule has 3 rings (SSSR count). The van der Waals surface area contributed by atoms with E-state index in [1.54, 1.807) is 12.2 Å². The van der Waals surface area contributed by atoms with Crippen molar-refractivity contribution in [1.29, 1.82) is 0 Å². The quantitative estimate of drug-likeness (QED) is 0.400. The van der Waals surface area contributed by atoms with E-state index in [9.17, 15) is 9.59 Å². The smallest absolute Gasteiger partial charge is 0.265 e. The van der Waals surface area contributed by atoms with Crippen LogP contribution in [0.15, 0.2) is 72.8 Å². The average molecular weight is 348 g/mol. The summed E-state index contributed by atoms with van der Waals surface area (Å²) in [5.74, 6) is -0.908. The Labute approximate surface area is 151 Å². The molecule has 1 aliphatic heterocycles. The lowest BCUT2D eigenvalue weighted by Gasteiger charge is -2.27.